The summed E-state index contributed by atoms with van der Waals surface area (Å²) in [6.07, 6.45) is 3.96. The Morgan fingerprint density at radius 3 is 2.60 bits per heavy atom. The van der Waals surface area contributed by atoms with Gasteiger partial charge in [0.1, 0.15) is 0 Å². The molecule has 88 valence electrons. The van der Waals surface area contributed by atoms with E-state index in [4.69, 9.17) is 5.73 Å². The van der Waals surface area contributed by atoms with E-state index in [0.29, 0.717) is 12.6 Å². The van der Waals surface area contributed by atoms with E-state index >= 15 is 0 Å². The Morgan fingerprint density at radius 2 is 2.00 bits per heavy atom. The SMILES string of the molecule is NCC(CO)N1CCC(N2CCCC2)C1. The molecule has 0 aromatic carbocycles. The quantitative estimate of drug-likeness (QED) is 0.659. The monoisotopic (exact) mass is 213 g/mol. The molecule has 15 heavy (non-hydrogen) atoms. The van der Waals surface area contributed by atoms with Crippen LogP contribution in [0.3, 0.4) is 0 Å². The van der Waals surface area contributed by atoms with Gasteiger partial charge in [-0.05, 0) is 32.4 Å². The summed E-state index contributed by atoms with van der Waals surface area (Å²) in [6, 6.07) is 0.894. The Kier molecular flexibility index (Phi) is 3.97. The zero-order chi connectivity index (χ0) is 10.7. The van der Waals surface area contributed by atoms with Crippen LogP contribution < -0.4 is 5.73 Å². The number of hydrogen-bond donors (Lipinski definition) is 2. The zero-order valence-electron chi connectivity index (χ0n) is 9.44. The molecule has 4 nitrogen and oxygen atoms in total. The Hall–Kier alpha value is -0.160. The minimum atomic E-state index is 0.178. The molecule has 2 atom stereocenters. The molecule has 0 bridgehead atoms. The predicted molar refractivity (Wildman–Crippen MR) is 60.7 cm³/mol. The fourth-order valence-corrected chi connectivity index (χ4v) is 2.84. The van der Waals surface area contributed by atoms with Gasteiger partial charge < -0.3 is 10.8 Å². The minimum Gasteiger partial charge on any atom is -0.395 e. The van der Waals surface area contributed by atoms with Crippen molar-refractivity contribution in [3.05, 3.63) is 0 Å². The highest BCUT2D eigenvalue weighted by Crippen LogP contribution is 2.21. The van der Waals surface area contributed by atoms with Crippen molar-refractivity contribution < 1.29 is 5.11 Å². The van der Waals surface area contributed by atoms with Crippen LogP contribution in [0.15, 0.2) is 0 Å². The van der Waals surface area contributed by atoms with Crippen LogP contribution in [0.4, 0.5) is 0 Å². The van der Waals surface area contributed by atoms with Crippen molar-refractivity contribution in [2.45, 2.75) is 31.3 Å². The van der Waals surface area contributed by atoms with Crippen molar-refractivity contribution in [1.82, 2.24) is 9.80 Å². The van der Waals surface area contributed by atoms with E-state index in [1.807, 2.05) is 0 Å². The number of aliphatic hydroxyl groups is 1. The number of hydrogen-bond acceptors (Lipinski definition) is 4. The third-order valence-electron chi connectivity index (χ3n) is 3.85. The molecule has 2 aliphatic heterocycles. The molecule has 0 aromatic heterocycles. The number of rotatable bonds is 4. The van der Waals surface area contributed by atoms with E-state index in [0.717, 1.165) is 13.1 Å². The molecule has 0 aromatic rings. The summed E-state index contributed by atoms with van der Waals surface area (Å²) in [6.45, 7) is 5.51. The first-order valence-electron chi connectivity index (χ1n) is 6.14. The first-order valence-corrected chi connectivity index (χ1v) is 6.14. The van der Waals surface area contributed by atoms with E-state index in [2.05, 4.69) is 9.80 Å². The molecule has 2 aliphatic rings. The number of nitrogens with zero attached hydrogens (tertiary/aromatic N) is 2. The van der Waals surface area contributed by atoms with Gasteiger partial charge in [-0.1, -0.05) is 0 Å². The average molecular weight is 213 g/mol. The van der Waals surface area contributed by atoms with Gasteiger partial charge in [-0.15, -0.1) is 0 Å². The lowest BCUT2D eigenvalue weighted by Gasteiger charge is -2.27. The van der Waals surface area contributed by atoms with Gasteiger partial charge in [-0.25, -0.2) is 0 Å². The Bertz CT molecular complexity index is 182. The van der Waals surface area contributed by atoms with Gasteiger partial charge in [0.25, 0.3) is 0 Å². The third kappa shape index (κ3) is 2.50. The summed E-state index contributed by atoms with van der Waals surface area (Å²) in [5.74, 6) is 0. The standard InChI is InChI=1S/C11H23N3O/c12-7-11(9-15)14-6-3-10(8-14)13-4-1-2-5-13/h10-11,15H,1-9,12H2. The molecule has 2 heterocycles. The van der Waals surface area contributed by atoms with Crippen molar-refractivity contribution in [3.63, 3.8) is 0 Å². The van der Waals surface area contributed by atoms with Gasteiger partial charge in [-0.3, -0.25) is 9.80 Å². The second-order valence-electron chi connectivity index (χ2n) is 4.75. The van der Waals surface area contributed by atoms with Gasteiger partial charge in [0.2, 0.25) is 0 Å². The highest BCUT2D eigenvalue weighted by Gasteiger charge is 2.31. The van der Waals surface area contributed by atoms with Crippen LogP contribution in [-0.4, -0.2) is 66.3 Å². The largest absolute Gasteiger partial charge is 0.395 e. The van der Waals surface area contributed by atoms with Crippen molar-refractivity contribution in [2.24, 2.45) is 5.73 Å². The van der Waals surface area contributed by atoms with Gasteiger partial charge in [0.15, 0.2) is 0 Å². The second kappa shape index (κ2) is 5.25. The van der Waals surface area contributed by atoms with Crippen LogP contribution >= 0.6 is 0 Å². The first-order chi connectivity index (χ1) is 7.35. The van der Waals surface area contributed by atoms with Crippen LogP contribution in [0.25, 0.3) is 0 Å². The second-order valence-corrected chi connectivity index (χ2v) is 4.75. The summed E-state index contributed by atoms with van der Waals surface area (Å²) < 4.78 is 0. The fourth-order valence-electron chi connectivity index (χ4n) is 2.84. The summed E-state index contributed by atoms with van der Waals surface area (Å²) in [4.78, 5) is 4.95. The van der Waals surface area contributed by atoms with Gasteiger partial charge in [-0.2, -0.15) is 0 Å². The number of aliphatic hydroxyl groups excluding tert-OH is 1. The molecule has 2 unspecified atom stereocenters. The molecule has 0 saturated carbocycles. The maximum atomic E-state index is 9.20. The summed E-state index contributed by atoms with van der Waals surface area (Å²) in [7, 11) is 0. The van der Waals surface area contributed by atoms with Crippen LogP contribution in [-0.2, 0) is 0 Å². The Balaban J connectivity index is 1.82. The molecule has 3 N–H and O–H groups in total. The average Bonchev–Trinajstić information content (AvgIpc) is 2.89. The molecule has 2 rings (SSSR count). The van der Waals surface area contributed by atoms with E-state index in [1.165, 1.54) is 32.4 Å². The molecule has 0 spiro atoms. The molecule has 0 amide bonds. The molecule has 0 radical (unpaired) electrons. The maximum Gasteiger partial charge on any atom is 0.0599 e. The fraction of sp³-hybridized carbons (Fsp3) is 1.00. The van der Waals surface area contributed by atoms with E-state index in [9.17, 15) is 5.11 Å². The topological polar surface area (TPSA) is 52.7 Å². The van der Waals surface area contributed by atoms with Crippen LogP contribution in [0, 0.1) is 0 Å². The predicted octanol–water partition coefficient (Wildman–Crippen LogP) is -0.524. The van der Waals surface area contributed by atoms with E-state index in [1.54, 1.807) is 0 Å². The van der Waals surface area contributed by atoms with Crippen LogP contribution in [0.5, 0.6) is 0 Å². The zero-order valence-corrected chi connectivity index (χ0v) is 9.44. The van der Waals surface area contributed by atoms with Crippen molar-refractivity contribution >= 4 is 0 Å². The highest BCUT2D eigenvalue weighted by molar-refractivity contribution is 4.88. The summed E-state index contributed by atoms with van der Waals surface area (Å²) in [5, 5.41) is 9.20. The lowest BCUT2D eigenvalue weighted by atomic mass is 10.2. The molecule has 2 fully saturated rings. The minimum absolute atomic E-state index is 0.178. The van der Waals surface area contributed by atoms with Gasteiger partial charge in [0.05, 0.1) is 6.61 Å². The maximum absolute atomic E-state index is 9.20. The van der Waals surface area contributed by atoms with E-state index < -0.39 is 0 Å². The molecule has 2 saturated heterocycles. The Labute approximate surface area is 92.0 Å². The van der Waals surface area contributed by atoms with Crippen molar-refractivity contribution in [2.75, 3.05) is 39.3 Å². The van der Waals surface area contributed by atoms with Gasteiger partial charge >= 0.3 is 0 Å². The number of nitrogens with two attached hydrogens (primary N) is 1. The lowest BCUT2D eigenvalue weighted by Crippen LogP contribution is -2.44. The van der Waals surface area contributed by atoms with Crippen molar-refractivity contribution in [3.8, 4) is 0 Å². The van der Waals surface area contributed by atoms with E-state index in [-0.39, 0.29) is 12.6 Å². The van der Waals surface area contributed by atoms with Crippen LogP contribution in [0.1, 0.15) is 19.3 Å². The molecule has 0 aliphatic carbocycles. The van der Waals surface area contributed by atoms with Gasteiger partial charge in [0, 0.05) is 31.7 Å². The Morgan fingerprint density at radius 1 is 1.27 bits per heavy atom. The summed E-state index contributed by atoms with van der Waals surface area (Å²) in [5.41, 5.74) is 5.65. The first kappa shape index (κ1) is 11.3. The van der Waals surface area contributed by atoms with Crippen LogP contribution in [0.2, 0.25) is 0 Å². The lowest BCUT2D eigenvalue weighted by molar-refractivity contribution is 0.139. The van der Waals surface area contributed by atoms with Crippen molar-refractivity contribution in [1.29, 1.82) is 0 Å². The highest BCUT2D eigenvalue weighted by atomic mass is 16.3. The molecular formula is C11H23N3O. The molecular weight excluding hydrogens is 190 g/mol. The normalized spacial score (nSPS) is 31.2. The number of likely N-dealkylation sites (tertiary alicyclic amines) is 2. The molecule has 4 heteroatoms. The summed E-state index contributed by atoms with van der Waals surface area (Å²) >= 11 is 0. The smallest absolute Gasteiger partial charge is 0.0599 e. The third-order valence-corrected chi connectivity index (χ3v) is 3.85.